The molecule has 1 fully saturated rings. The minimum absolute atomic E-state index is 0.107. The van der Waals surface area contributed by atoms with Crippen molar-refractivity contribution < 1.29 is 22.7 Å². The normalized spacial score (nSPS) is 15.1. The van der Waals surface area contributed by atoms with Gasteiger partial charge in [-0.15, -0.1) is 0 Å². The molecule has 0 bridgehead atoms. The molecule has 1 saturated heterocycles. The number of nitrogens with one attached hydrogen (secondary N) is 1. The first kappa shape index (κ1) is 18.9. The summed E-state index contributed by atoms with van der Waals surface area (Å²) in [5, 5.41) is 3.81. The standard InChI is InChI=1S/C19H18F3N3O2/c20-19(21,22)16-3-1-2-15(12-16)18(26)24-23-13-14-4-6-17(7-5-14)25-8-10-27-11-9-25/h1-7,12-13H,8-11H2,(H,24,26)/b23-13-. The number of morpholine rings is 1. The van der Waals surface area contributed by atoms with E-state index in [0.717, 1.165) is 36.5 Å². The summed E-state index contributed by atoms with van der Waals surface area (Å²) >= 11 is 0. The average Bonchev–Trinajstić information content (AvgIpc) is 2.68. The molecule has 1 amide bonds. The van der Waals surface area contributed by atoms with Crippen LogP contribution in [0.3, 0.4) is 0 Å². The first-order chi connectivity index (χ1) is 12.9. The van der Waals surface area contributed by atoms with Crippen molar-refractivity contribution in [3.05, 3.63) is 65.2 Å². The fourth-order valence-electron chi connectivity index (χ4n) is 2.66. The minimum Gasteiger partial charge on any atom is -0.378 e. The lowest BCUT2D eigenvalue weighted by Gasteiger charge is -2.28. The second-order valence-corrected chi connectivity index (χ2v) is 5.97. The molecule has 3 rings (SSSR count). The highest BCUT2D eigenvalue weighted by molar-refractivity contribution is 5.95. The molecule has 0 unspecified atom stereocenters. The van der Waals surface area contributed by atoms with Gasteiger partial charge in [0, 0.05) is 24.3 Å². The molecule has 27 heavy (non-hydrogen) atoms. The monoisotopic (exact) mass is 377 g/mol. The van der Waals surface area contributed by atoms with Gasteiger partial charge in [0.25, 0.3) is 5.91 Å². The molecule has 1 N–H and O–H groups in total. The molecule has 1 aliphatic heterocycles. The number of carbonyl (C=O) groups excluding carboxylic acids is 1. The predicted octanol–water partition coefficient (Wildman–Crippen LogP) is 3.31. The molecule has 0 saturated carbocycles. The maximum Gasteiger partial charge on any atom is 0.416 e. The number of amides is 1. The van der Waals surface area contributed by atoms with Crippen molar-refractivity contribution in [2.24, 2.45) is 5.10 Å². The SMILES string of the molecule is O=C(N/N=C\c1ccc(N2CCOCC2)cc1)c1cccc(C(F)(F)F)c1. The smallest absolute Gasteiger partial charge is 0.378 e. The zero-order chi connectivity index (χ0) is 19.3. The molecule has 2 aromatic rings. The van der Waals surface area contributed by atoms with E-state index in [-0.39, 0.29) is 5.56 Å². The highest BCUT2D eigenvalue weighted by Gasteiger charge is 2.30. The van der Waals surface area contributed by atoms with Crippen LogP contribution >= 0.6 is 0 Å². The second-order valence-electron chi connectivity index (χ2n) is 5.97. The van der Waals surface area contributed by atoms with Gasteiger partial charge >= 0.3 is 6.18 Å². The Morgan fingerprint density at radius 1 is 1.11 bits per heavy atom. The number of alkyl halides is 3. The van der Waals surface area contributed by atoms with Crippen LogP contribution in [0.15, 0.2) is 53.6 Å². The van der Waals surface area contributed by atoms with Gasteiger partial charge in [0.2, 0.25) is 0 Å². The van der Waals surface area contributed by atoms with Crippen molar-refractivity contribution in [1.82, 2.24) is 5.43 Å². The van der Waals surface area contributed by atoms with Crippen molar-refractivity contribution in [3.8, 4) is 0 Å². The predicted molar refractivity (Wildman–Crippen MR) is 96.0 cm³/mol. The number of hydrogen-bond acceptors (Lipinski definition) is 4. The number of ether oxygens (including phenoxy) is 1. The summed E-state index contributed by atoms with van der Waals surface area (Å²) in [6, 6.07) is 11.8. The van der Waals surface area contributed by atoms with Gasteiger partial charge in [0.1, 0.15) is 0 Å². The Morgan fingerprint density at radius 3 is 2.48 bits per heavy atom. The zero-order valence-electron chi connectivity index (χ0n) is 14.4. The lowest BCUT2D eigenvalue weighted by molar-refractivity contribution is -0.137. The van der Waals surface area contributed by atoms with E-state index in [1.54, 1.807) is 0 Å². The van der Waals surface area contributed by atoms with Gasteiger partial charge in [0.15, 0.2) is 0 Å². The van der Waals surface area contributed by atoms with Gasteiger partial charge in [-0.05, 0) is 35.9 Å². The summed E-state index contributed by atoms with van der Waals surface area (Å²) in [4.78, 5) is 14.2. The van der Waals surface area contributed by atoms with Crippen LogP contribution in [-0.4, -0.2) is 38.4 Å². The lowest BCUT2D eigenvalue weighted by Crippen LogP contribution is -2.36. The van der Waals surface area contributed by atoms with E-state index in [1.165, 1.54) is 18.3 Å². The van der Waals surface area contributed by atoms with Gasteiger partial charge < -0.3 is 9.64 Å². The first-order valence-electron chi connectivity index (χ1n) is 8.37. The summed E-state index contributed by atoms with van der Waals surface area (Å²) in [5.74, 6) is -0.706. The van der Waals surface area contributed by atoms with E-state index in [2.05, 4.69) is 15.4 Å². The quantitative estimate of drug-likeness (QED) is 0.657. The molecule has 0 aromatic heterocycles. The molecule has 0 aliphatic carbocycles. The molecule has 2 aromatic carbocycles. The Morgan fingerprint density at radius 2 is 1.81 bits per heavy atom. The second kappa shape index (κ2) is 8.22. The summed E-state index contributed by atoms with van der Waals surface area (Å²) in [7, 11) is 0. The minimum atomic E-state index is -4.50. The third kappa shape index (κ3) is 5.07. The average molecular weight is 377 g/mol. The topological polar surface area (TPSA) is 53.9 Å². The molecular formula is C19H18F3N3O2. The number of rotatable bonds is 4. The molecule has 1 heterocycles. The van der Waals surface area contributed by atoms with Gasteiger partial charge in [0.05, 0.1) is 25.0 Å². The molecular weight excluding hydrogens is 359 g/mol. The third-order valence-corrected chi connectivity index (χ3v) is 4.10. The van der Waals surface area contributed by atoms with Crippen molar-refractivity contribution in [2.75, 3.05) is 31.2 Å². The fraction of sp³-hybridized carbons (Fsp3) is 0.263. The van der Waals surface area contributed by atoms with Crippen molar-refractivity contribution >= 4 is 17.8 Å². The van der Waals surface area contributed by atoms with Gasteiger partial charge in [-0.3, -0.25) is 4.79 Å². The molecule has 0 spiro atoms. The lowest BCUT2D eigenvalue weighted by atomic mass is 10.1. The summed E-state index contributed by atoms with van der Waals surface area (Å²) < 4.78 is 43.4. The molecule has 1 aliphatic rings. The number of hydrazone groups is 1. The van der Waals surface area contributed by atoms with Crippen molar-refractivity contribution in [3.63, 3.8) is 0 Å². The Bertz CT molecular complexity index is 814. The van der Waals surface area contributed by atoms with Crippen molar-refractivity contribution in [2.45, 2.75) is 6.18 Å². The maximum absolute atomic E-state index is 12.7. The van der Waals surface area contributed by atoms with E-state index in [1.807, 2.05) is 24.3 Å². The number of carbonyl (C=O) groups is 1. The molecule has 0 atom stereocenters. The molecule has 0 radical (unpaired) electrons. The summed E-state index contributed by atoms with van der Waals surface area (Å²) in [6.45, 7) is 3.07. The largest absolute Gasteiger partial charge is 0.416 e. The van der Waals surface area contributed by atoms with Crippen LogP contribution in [0.2, 0.25) is 0 Å². The summed E-state index contributed by atoms with van der Waals surface area (Å²) in [5.41, 5.74) is 3.09. The van der Waals surface area contributed by atoms with Gasteiger partial charge in [-0.25, -0.2) is 5.43 Å². The number of hydrogen-bond donors (Lipinski definition) is 1. The van der Waals surface area contributed by atoms with Gasteiger partial charge in [-0.1, -0.05) is 18.2 Å². The van der Waals surface area contributed by atoms with Crippen LogP contribution in [0.25, 0.3) is 0 Å². The van der Waals surface area contributed by atoms with E-state index in [0.29, 0.717) is 13.2 Å². The van der Waals surface area contributed by atoms with E-state index >= 15 is 0 Å². The fourth-order valence-corrected chi connectivity index (χ4v) is 2.66. The van der Waals surface area contributed by atoms with Crippen LogP contribution in [0, 0.1) is 0 Å². The summed E-state index contributed by atoms with van der Waals surface area (Å²) in [6.07, 6.45) is -3.06. The highest BCUT2D eigenvalue weighted by Crippen LogP contribution is 2.29. The number of nitrogens with zero attached hydrogens (tertiary/aromatic N) is 2. The van der Waals surface area contributed by atoms with Crippen LogP contribution in [-0.2, 0) is 10.9 Å². The molecule has 142 valence electrons. The number of halogens is 3. The zero-order valence-corrected chi connectivity index (χ0v) is 14.4. The van der Waals surface area contributed by atoms with E-state index in [9.17, 15) is 18.0 Å². The number of benzene rings is 2. The Hall–Kier alpha value is -2.87. The Labute approximate surface area is 154 Å². The van der Waals surface area contributed by atoms with E-state index < -0.39 is 17.6 Å². The maximum atomic E-state index is 12.7. The van der Waals surface area contributed by atoms with Crippen LogP contribution in [0.5, 0.6) is 0 Å². The Kier molecular flexibility index (Phi) is 5.75. The van der Waals surface area contributed by atoms with E-state index in [4.69, 9.17) is 4.74 Å². The van der Waals surface area contributed by atoms with Crippen molar-refractivity contribution in [1.29, 1.82) is 0 Å². The Balaban J connectivity index is 1.59. The molecule has 8 heteroatoms. The molecule has 5 nitrogen and oxygen atoms in total. The highest BCUT2D eigenvalue weighted by atomic mass is 19.4. The first-order valence-corrected chi connectivity index (χ1v) is 8.37. The van der Waals surface area contributed by atoms with Crippen LogP contribution in [0.1, 0.15) is 21.5 Å². The van der Waals surface area contributed by atoms with Gasteiger partial charge in [-0.2, -0.15) is 18.3 Å². The number of anilines is 1. The van der Waals surface area contributed by atoms with Crippen LogP contribution in [0.4, 0.5) is 18.9 Å². The van der Waals surface area contributed by atoms with Crippen LogP contribution < -0.4 is 10.3 Å². The third-order valence-electron chi connectivity index (χ3n) is 4.10.